The van der Waals surface area contributed by atoms with Crippen LogP contribution in [-0.4, -0.2) is 10.1 Å². The van der Waals surface area contributed by atoms with Crippen molar-refractivity contribution >= 4 is 11.3 Å². The predicted molar refractivity (Wildman–Crippen MR) is 61.9 cm³/mol. The lowest BCUT2D eigenvalue weighted by Crippen LogP contribution is -2.02. The SMILES string of the molecule is Cc1nc(C(O)Cc2ccc(F)cc2)cs1. The number of aromatic nitrogens is 1. The summed E-state index contributed by atoms with van der Waals surface area (Å²) in [6.45, 7) is 1.90. The summed E-state index contributed by atoms with van der Waals surface area (Å²) in [5, 5.41) is 12.7. The maximum Gasteiger partial charge on any atom is 0.123 e. The number of thiazole rings is 1. The fourth-order valence-corrected chi connectivity index (χ4v) is 2.14. The molecule has 4 heteroatoms. The van der Waals surface area contributed by atoms with Gasteiger partial charge in [0.2, 0.25) is 0 Å². The van der Waals surface area contributed by atoms with E-state index in [-0.39, 0.29) is 5.82 Å². The Balaban J connectivity index is 2.07. The molecule has 2 nitrogen and oxygen atoms in total. The second-order valence-electron chi connectivity index (χ2n) is 3.64. The van der Waals surface area contributed by atoms with Crippen molar-refractivity contribution in [2.45, 2.75) is 19.4 Å². The maximum atomic E-state index is 12.7. The molecule has 0 radical (unpaired) electrons. The van der Waals surface area contributed by atoms with Crippen LogP contribution in [0.1, 0.15) is 22.4 Å². The molecular weight excluding hydrogens is 225 g/mol. The van der Waals surface area contributed by atoms with Gasteiger partial charge < -0.3 is 5.11 Å². The molecule has 0 spiro atoms. The smallest absolute Gasteiger partial charge is 0.123 e. The molecule has 0 aliphatic carbocycles. The van der Waals surface area contributed by atoms with Crippen LogP contribution in [-0.2, 0) is 6.42 Å². The molecule has 1 atom stereocenters. The van der Waals surface area contributed by atoms with Gasteiger partial charge in [-0.05, 0) is 24.6 Å². The zero-order valence-electron chi connectivity index (χ0n) is 8.85. The van der Waals surface area contributed by atoms with Crippen LogP contribution in [0, 0.1) is 12.7 Å². The number of benzene rings is 1. The van der Waals surface area contributed by atoms with Gasteiger partial charge in [-0.15, -0.1) is 11.3 Å². The summed E-state index contributed by atoms with van der Waals surface area (Å²) in [4.78, 5) is 4.22. The molecule has 84 valence electrons. The Bertz CT molecular complexity index is 466. The summed E-state index contributed by atoms with van der Waals surface area (Å²) in [6, 6.07) is 6.15. The fraction of sp³-hybridized carbons (Fsp3) is 0.250. The second kappa shape index (κ2) is 4.72. The molecular formula is C12H12FNOS. The second-order valence-corrected chi connectivity index (χ2v) is 4.70. The van der Waals surface area contributed by atoms with E-state index in [0.717, 1.165) is 10.6 Å². The number of hydrogen-bond acceptors (Lipinski definition) is 3. The molecule has 1 unspecified atom stereocenters. The lowest BCUT2D eigenvalue weighted by atomic mass is 10.1. The van der Waals surface area contributed by atoms with Crippen LogP contribution in [0.2, 0.25) is 0 Å². The molecule has 1 aromatic carbocycles. The van der Waals surface area contributed by atoms with Crippen LogP contribution in [0.25, 0.3) is 0 Å². The molecule has 16 heavy (non-hydrogen) atoms. The predicted octanol–water partition coefficient (Wildman–Crippen LogP) is 2.87. The molecule has 2 rings (SSSR count). The molecule has 0 fully saturated rings. The number of aliphatic hydroxyl groups excluding tert-OH is 1. The molecule has 0 aliphatic heterocycles. The Kier molecular flexibility index (Phi) is 3.31. The molecule has 2 aromatic rings. The Hall–Kier alpha value is -1.26. The van der Waals surface area contributed by atoms with Gasteiger partial charge in [0.25, 0.3) is 0 Å². The van der Waals surface area contributed by atoms with Crippen LogP contribution in [0.4, 0.5) is 4.39 Å². The summed E-state index contributed by atoms with van der Waals surface area (Å²) in [7, 11) is 0. The molecule has 0 saturated heterocycles. The normalized spacial score (nSPS) is 12.7. The Morgan fingerprint density at radius 3 is 2.62 bits per heavy atom. The summed E-state index contributed by atoms with van der Waals surface area (Å²) in [5.41, 5.74) is 1.59. The van der Waals surface area contributed by atoms with Gasteiger partial charge in [0.15, 0.2) is 0 Å². The maximum absolute atomic E-state index is 12.7. The van der Waals surface area contributed by atoms with Crippen LogP contribution < -0.4 is 0 Å². The van der Waals surface area contributed by atoms with E-state index in [0.29, 0.717) is 12.1 Å². The van der Waals surface area contributed by atoms with Crippen LogP contribution in [0.3, 0.4) is 0 Å². The van der Waals surface area contributed by atoms with E-state index < -0.39 is 6.10 Å². The Morgan fingerprint density at radius 2 is 2.06 bits per heavy atom. The minimum Gasteiger partial charge on any atom is -0.386 e. The number of halogens is 1. The van der Waals surface area contributed by atoms with Crippen LogP contribution in [0.5, 0.6) is 0 Å². The third-order valence-corrected chi connectivity index (χ3v) is 3.11. The Morgan fingerprint density at radius 1 is 1.38 bits per heavy atom. The highest BCUT2D eigenvalue weighted by molar-refractivity contribution is 7.09. The van der Waals surface area contributed by atoms with Crippen molar-refractivity contribution in [1.29, 1.82) is 0 Å². The van der Waals surface area contributed by atoms with Crippen molar-refractivity contribution in [2.75, 3.05) is 0 Å². The van der Waals surface area contributed by atoms with E-state index in [2.05, 4.69) is 4.98 Å². The van der Waals surface area contributed by atoms with E-state index in [1.807, 2.05) is 12.3 Å². The number of aryl methyl sites for hydroxylation is 1. The first kappa shape index (κ1) is 11.2. The van der Waals surface area contributed by atoms with Gasteiger partial charge >= 0.3 is 0 Å². The van der Waals surface area contributed by atoms with Gasteiger partial charge in [0, 0.05) is 11.8 Å². The van der Waals surface area contributed by atoms with Crippen molar-refractivity contribution in [3.63, 3.8) is 0 Å². The van der Waals surface area contributed by atoms with Crippen LogP contribution >= 0.6 is 11.3 Å². The largest absolute Gasteiger partial charge is 0.386 e. The molecule has 0 aliphatic rings. The summed E-state index contributed by atoms with van der Waals surface area (Å²) < 4.78 is 12.7. The number of rotatable bonds is 3. The monoisotopic (exact) mass is 237 g/mol. The first-order chi connectivity index (χ1) is 7.65. The van der Waals surface area contributed by atoms with Crippen molar-refractivity contribution in [1.82, 2.24) is 4.98 Å². The van der Waals surface area contributed by atoms with Gasteiger partial charge in [-0.2, -0.15) is 0 Å². The Labute approximate surface area is 97.4 Å². The highest BCUT2D eigenvalue weighted by Gasteiger charge is 2.11. The molecule has 0 saturated carbocycles. The number of nitrogens with zero attached hydrogens (tertiary/aromatic N) is 1. The van der Waals surface area contributed by atoms with Crippen molar-refractivity contribution in [3.05, 3.63) is 51.7 Å². The lowest BCUT2D eigenvalue weighted by Gasteiger charge is -2.07. The van der Waals surface area contributed by atoms with E-state index in [1.54, 1.807) is 12.1 Å². The van der Waals surface area contributed by atoms with E-state index in [1.165, 1.54) is 23.5 Å². The summed E-state index contributed by atoms with van der Waals surface area (Å²) >= 11 is 1.51. The first-order valence-corrected chi connectivity index (χ1v) is 5.87. The quantitative estimate of drug-likeness (QED) is 0.890. The highest BCUT2D eigenvalue weighted by atomic mass is 32.1. The average Bonchev–Trinajstić information content (AvgIpc) is 2.68. The van der Waals surface area contributed by atoms with E-state index >= 15 is 0 Å². The zero-order valence-corrected chi connectivity index (χ0v) is 9.67. The van der Waals surface area contributed by atoms with Crippen molar-refractivity contribution in [3.8, 4) is 0 Å². The highest BCUT2D eigenvalue weighted by Crippen LogP contribution is 2.20. The van der Waals surface area contributed by atoms with Gasteiger partial charge in [-0.25, -0.2) is 9.37 Å². The van der Waals surface area contributed by atoms with Crippen LogP contribution in [0.15, 0.2) is 29.6 Å². The summed E-state index contributed by atoms with van der Waals surface area (Å²) in [5.74, 6) is -0.261. The van der Waals surface area contributed by atoms with Gasteiger partial charge in [0.05, 0.1) is 10.7 Å². The number of hydrogen-bond donors (Lipinski definition) is 1. The van der Waals surface area contributed by atoms with E-state index in [4.69, 9.17) is 0 Å². The van der Waals surface area contributed by atoms with Crippen molar-refractivity contribution in [2.24, 2.45) is 0 Å². The fourth-order valence-electron chi connectivity index (χ4n) is 1.48. The average molecular weight is 237 g/mol. The molecule has 0 amide bonds. The third-order valence-electron chi connectivity index (χ3n) is 2.32. The van der Waals surface area contributed by atoms with Gasteiger partial charge in [0.1, 0.15) is 11.9 Å². The summed E-state index contributed by atoms with van der Waals surface area (Å²) in [6.07, 6.45) is -0.154. The lowest BCUT2D eigenvalue weighted by molar-refractivity contribution is 0.174. The molecule has 1 N–H and O–H groups in total. The topological polar surface area (TPSA) is 33.1 Å². The molecule has 1 aromatic heterocycles. The minimum atomic E-state index is -0.615. The number of aliphatic hydroxyl groups is 1. The van der Waals surface area contributed by atoms with Crippen molar-refractivity contribution < 1.29 is 9.50 Å². The first-order valence-electron chi connectivity index (χ1n) is 4.99. The van der Waals surface area contributed by atoms with Gasteiger partial charge in [-0.1, -0.05) is 12.1 Å². The van der Waals surface area contributed by atoms with E-state index in [9.17, 15) is 9.50 Å². The van der Waals surface area contributed by atoms with Gasteiger partial charge in [-0.3, -0.25) is 0 Å². The molecule has 1 heterocycles. The minimum absolute atomic E-state index is 0.261. The zero-order chi connectivity index (χ0) is 11.5. The molecule has 0 bridgehead atoms. The standard InChI is InChI=1S/C12H12FNOS/c1-8-14-11(7-16-8)12(15)6-9-2-4-10(13)5-3-9/h2-5,7,12,15H,6H2,1H3. The third kappa shape index (κ3) is 2.65.